The van der Waals surface area contributed by atoms with E-state index in [1.807, 2.05) is 0 Å². The highest BCUT2D eigenvalue weighted by Crippen LogP contribution is 2.09. The number of hydrogen-bond donors (Lipinski definition) is 0. The molecule has 5 heteroatoms. The minimum absolute atomic E-state index is 0.852. The number of hydrogen-bond acceptors (Lipinski definition) is 4. The molecule has 0 aromatic rings. The van der Waals surface area contributed by atoms with E-state index in [2.05, 4.69) is 20.7 Å². The molecule has 2 aliphatic rings. The van der Waals surface area contributed by atoms with Crippen LogP contribution in [-0.4, -0.2) is 37.7 Å². The Morgan fingerprint density at radius 1 is 1.38 bits per heavy atom. The van der Waals surface area contributed by atoms with Crippen LogP contribution in [0.1, 0.15) is 6.42 Å². The van der Waals surface area contributed by atoms with Crippen LogP contribution in [0.25, 0.3) is 0 Å². The van der Waals surface area contributed by atoms with E-state index >= 15 is 0 Å². The molecule has 0 spiro atoms. The highest BCUT2D eigenvalue weighted by molar-refractivity contribution is 5.00. The third kappa shape index (κ3) is 2.50. The summed E-state index contributed by atoms with van der Waals surface area (Å²) in [5.41, 5.74) is 4.66. The molecule has 13 heavy (non-hydrogen) atoms. The first-order chi connectivity index (χ1) is 6.45. The van der Waals surface area contributed by atoms with Gasteiger partial charge in [0.2, 0.25) is 0 Å². The van der Waals surface area contributed by atoms with Gasteiger partial charge in [0.15, 0.2) is 0 Å². The van der Waals surface area contributed by atoms with Crippen LogP contribution in [0.15, 0.2) is 22.2 Å². The molecule has 0 saturated carbocycles. The summed E-state index contributed by atoms with van der Waals surface area (Å²) in [5.74, 6) is 0. The highest BCUT2D eigenvalue weighted by Gasteiger charge is 2.11. The van der Waals surface area contributed by atoms with Crippen LogP contribution in [0.5, 0.6) is 0 Å². The number of nitrogens with zero attached hydrogens (tertiary/aromatic N) is 4. The maximum absolute atomic E-state index is 5.25. The van der Waals surface area contributed by atoms with Gasteiger partial charge in [-0.2, -0.15) is 0 Å². The Labute approximate surface area is 77.4 Å². The first-order valence-electron chi connectivity index (χ1n) is 4.55. The van der Waals surface area contributed by atoms with Gasteiger partial charge in [-0.1, -0.05) is 0 Å². The van der Waals surface area contributed by atoms with E-state index in [-0.39, 0.29) is 0 Å². The van der Waals surface area contributed by atoms with Crippen LogP contribution in [-0.2, 0) is 4.74 Å². The van der Waals surface area contributed by atoms with Crippen molar-refractivity contribution in [2.45, 2.75) is 6.42 Å². The lowest BCUT2D eigenvalue weighted by molar-refractivity contribution is 0.0384. The average Bonchev–Trinajstić information content (AvgIpc) is 2.69. The Balaban J connectivity index is 1.69. The van der Waals surface area contributed by atoms with Crippen molar-refractivity contribution < 1.29 is 4.74 Å². The molecule has 5 nitrogen and oxygen atoms in total. The van der Waals surface area contributed by atoms with Gasteiger partial charge in [0.1, 0.15) is 0 Å². The van der Waals surface area contributed by atoms with E-state index < -0.39 is 0 Å². The molecule has 2 heterocycles. The molecule has 0 atom stereocenters. The Morgan fingerprint density at radius 2 is 2.23 bits per heavy atom. The van der Waals surface area contributed by atoms with Gasteiger partial charge in [-0.15, -0.1) is 10.5 Å². The molecule has 0 bridgehead atoms. The van der Waals surface area contributed by atoms with E-state index in [0.29, 0.717) is 0 Å². The minimum Gasteiger partial charge on any atom is -0.379 e. The average molecular weight is 181 g/mol. The zero-order valence-electron chi connectivity index (χ0n) is 7.52. The highest BCUT2D eigenvalue weighted by atomic mass is 16.5. The van der Waals surface area contributed by atoms with Crippen molar-refractivity contribution >= 4 is 0 Å². The fourth-order valence-corrected chi connectivity index (χ4v) is 1.41. The van der Waals surface area contributed by atoms with Gasteiger partial charge in [0.05, 0.1) is 25.1 Å². The number of rotatable bonds is 3. The zero-order chi connectivity index (χ0) is 8.93. The zero-order valence-corrected chi connectivity index (χ0v) is 7.52. The summed E-state index contributed by atoms with van der Waals surface area (Å²) in [5, 5.41) is 7.42. The molecule has 0 aliphatic carbocycles. The van der Waals surface area contributed by atoms with Gasteiger partial charge in [-0.3, -0.25) is 4.90 Å². The van der Waals surface area contributed by atoms with E-state index in [1.54, 1.807) is 6.20 Å². The maximum atomic E-state index is 5.25. The molecule has 71 valence electrons. The van der Waals surface area contributed by atoms with Crippen molar-refractivity contribution in [2.24, 2.45) is 10.3 Å². The summed E-state index contributed by atoms with van der Waals surface area (Å²) in [4.78, 5) is 2.37. The fraction of sp³-hybridized carbons (Fsp3) is 0.750. The summed E-state index contributed by atoms with van der Waals surface area (Å²) in [6.07, 6.45) is 2.66. The van der Waals surface area contributed by atoms with Crippen LogP contribution in [0.2, 0.25) is 0 Å². The predicted octanol–water partition coefficient (Wildman–Crippen LogP) is 0.535. The molecule has 2 aliphatic heterocycles. The van der Waals surface area contributed by atoms with Crippen molar-refractivity contribution in [2.75, 3.05) is 32.8 Å². The van der Waals surface area contributed by atoms with Gasteiger partial charge < -0.3 is 4.74 Å². The molecule has 2 rings (SSSR count). The second-order valence-electron chi connectivity index (χ2n) is 3.13. The van der Waals surface area contributed by atoms with Gasteiger partial charge in [0, 0.05) is 26.1 Å². The molecule has 1 fully saturated rings. The van der Waals surface area contributed by atoms with Gasteiger partial charge in [-0.05, 0) is 5.22 Å². The minimum atomic E-state index is 0.852. The molecule has 1 radical (unpaired) electrons. The maximum Gasteiger partial charge on any atom is 0.0863 e. The van der Waals surface area contributed by atoms with E-state index in [1.165, 1.54) is 0 Å². The lowest BCUT2D eigenvalue weighted by Crippen LogP contribution is -2.36. The molecule has 0 aromatic carbocycles. The molecular weight excluding hydrogens is 168 g/mol. The molecule has 1 saturated heterocycles. The molecule has 0 unspecified atom stereocenters. The number of ether oxygens (including phenoxy) is 1. The van der Waals surface area contributed by atoms with Crippen LogP contribution in [0.3, 0.4) is 0 Å². The van der Waals surface area contributed by atoms with Crippen molar-refractivity contribution in [1.29, 1.82) is 0 Å². The molecular formula is C8H13N4O. The second kappa shape index (κ2) is 4.34. The standard InChI is InChI=1S/C8H13N4O/c1(8-7-9-11-10-8)2-12-3-5-13-6-4-12/h7H,1-6H2. The molecule has 0 aromatic heterocycles. The SMILES string of the molecule is C1=C(CCN2CCOCC2)N=N[N]1. The topological polar surface area (TPSA) is 51.3 Å². The van der Waals surface area contributed by atoms with E-state index in [9.17, 15) is 0 Å². The van der Waals surface area contributed by atoms with E-state index in [4.69, 9.17) is 4.74 Å². The monoisotopic (exact) mass is 181 g/mol. The van der Waals surface area contributed by atoms with Crippen molar-refractivity contribution in [1.82, 2.24) is 10.3 Å². The number of morpholine rings is 1. The lowest BCUT2D eigenvalue weighted by atomic mass is 10.3. The Hall–Kier alpha value is -0.940. The van der Waals surface area contributed by atoms with Crippen LogP contribution >= 0.6 is 0 Å². The Kier molecular flexibility index (Phi) is 2.89. The van der Waals surface area contributed by atoms with Crippen molar-refractivity contribution in [3.05, 3.63) is 11.9 Å². The smallest absolute Gasteiger partial charge is 0.0863 e. The van der Waals surface area contributed by atoms with Crippen LogP contribution in [0.4, 0.5) is 0 Å². The van der Waals surface area contributed by atoms with E-state index in [0.717, 1.165) is 45.0 Å². The van der Waals surface area contributed by atoms with Gasteiger partial charge in [-0.25, -0.2) is 0 Å². The molecule has 0 amide bonds. The Bertz CT molecular complexity index is 220. The lowest BCUT2D eigenvalue weighted by Gasteiger charge is -2.26. The van der Waals surface area contributed by atoms with Crippen molar-refractivity contribution in [3.8, 4) is 0 Å². The second-order valence-corrected chi connectivity index (χ2v) is 3.13. The van der Waals surface area contributed by atoms with Crippen LogP contribution in [0, 0.1) is 0 Å². The summed E-state index contributed by atoms with van der Waals surface area (Å²) in [6, 6.07) is 0. The van der Waals surface area contributed by atoms with Gasteiger partial charge in [0.25, 0.3) is 0 Å². The first kappa shape index (κ1) is 8.65. The summed E-state index contributed by atoms with van der Waals surface area (Å²) in [7, 11) is 0. The molecule has 0 N–H and O–H groups in total. The fourth-order valence-electron chi connectivity index (χ4n) is 1.41. The van der Waals surface area contributed by atoms with Crippen molar-refractivity contribution in [3.63, 3.8) is 0 Å². The normalized spacial score (nSPS) is 22.9. The van der Waals surface area contributed by atoms with Crippen LogP contribution < -0.4 is 5.43 Å². The summed E-state index contributed by atoms with van der Waals surface area (Å²) >= 11 is 0. The largest absolute Gasteiger partial charge is 0.379 e. The summed E-state index contributed by atoms with van der Waals surface area (Å²) < 4.78 is 5.25. The first-order valence-corrected chi connectivity index (χ1v) is 4.55. The third-order valence-electron chi connectivity index (χ3n) is 2.22. The predicted molar refractivity (Wildman–Crippen MR) is 46.9 cm³/mol. The third-order valence-corrected chi connectivity index (χ3v) is 2.22. The van der Waals surface area contributed by atoms with Gasteiger partial charge >= 0.3 is 0 Å². The quantitative estimate of drug-likeness (QED) is 0.638. The Morgan fingerprint density at radius 3 is 2.92 bits per heavy atom. The summed E-state index contributed by atoms with van der Waals surface area (Å²) in [6.45, 7) is 4.79.